The predicted molar refractivity (Wildman–Crippen MR) is 83.2 cm³/mol. The molecule has 1 saturated heterocycles. The molecule has 1 fully saturated rings. The molecule has 2 atom stereocenters. The Hall–Kier alpha value is -1.52. The Kier molecular flexibility index (Phi) is 3.39. The van der Waals surface area contributed by atoms with E-state index in [-0.39, 0.29) is 10.8 Å². The lowest BCUT2D eigenvalue weighted by atomic mass is 9.98. The van der Waals surface area contributed by atoms with Crippen molar-refractivity contribution in [3.63, 3.8) is 0 Å². The zero-order valence-corrected chi connectivity index (χ0v) is 13.1. The van der Waals surface area contributed by atoms with Crippen LogP contribution in [-0.2, 0) is 13.0 Å². The molecule has 0 amide bonds. The second-order valence-corrected chi connectivity index (χ2v) is 6.60. The summed E-state index contributed by atoms with van der Waals surface area (Å²) in [6.45, 7) is 2.68. The number of rotatable bonds is 2. The highest BCUT2D eigenvalue weighted by Crippen LogP contribution is 2.43. The van der Waals surface area contributed by atoms with E-state index in [1.807, 2.05) is 19.2 Å². The summed E-state index contributed by atoms with van der Waals surface area (Å²) in [5.74, 6) is 0.495. The quantitative estimate of drug-likeness (QED) is 0.842. The highest BCUT2D eigenvalue weighted by atomic mass is 35.5. The molecule has 0 radical (unpaired) electrons. The monoisotopic (exact) mass is 317 g/mol. The van der Waals surface area contributed by atoms with Gasteiger partial charge in [-0.1, -0.05) is 17.7 Å². The number of nitrogens with zero attached hydrogens (tertiary/aromatic N) is 3. The van der Waals surface area contributed by atoms with Crippen molar-refractivity contribution in [3.05, 3.63) is 57.9 Å². The molecule has 0 aliphatic carbocycles. The summed E-state index contributed by atoms with van der Waals surface area (Å²) in [5, 5.41) is 0.180. The van der Waals surface area contributed by atoms with Crippen LogP contribution in [0.3, 0.4) is 0 Å². The van der Waals surface area contributed by atoms with Gasteiger partial charge < -0.3 is 0 Å². The van der Waals surface area contributed by atoms with Crippen LogP contribution in [0.5, 0.6) is 0 Å². The third-order valence-electron chi connectivity index (χ3n) is 4.80. The van der Waals surface area contributed by atoms with Crippen LogP contribution in [0.25, 0.3) is 0 Å². The lowest BCUT2D eigenvalue weighted by Gasteiger charge is -2.35. The molecule has 22 heavy (non-hydrogen) atoms. The van der Waals surface area contributed by atoms with E-state index >= 15 is 0 Å². The largest absolute Gasteiger partial charge is 0.289 e. The second-order valence-electron chi connectivity index (χ2n) is 6.19. The summed E-state index contributed by atoms with van der Waals surface area (Å²) < 4.78 is 13.7. The number of hydrogen-bond acceptors (Lipinski definition) is 3. The first-order valence-corrected chi connectivity index (χ1v) is 8.01. The van der Waals surface area contributed by atoms with Crippen LogP contribution >= 0.6 is 11.6 Å². The smallest absolute Gasteiger partial charge is 0.142 e. The minimum Gasteiger partial charge on any atom is -0.289 e. The van der Waals surface area contributed by atoms with Gasteiger partial charge in [-0.3, -0.25) is 4.90 Å². The molecule has 0 N–H and O–H groups in total. The first-order valence-electron chi connectivity index (χ1n) is 7.64. The van der Waals surface area contributed by atoms with Gasteiger partial charge in [0.1, 0.15) is 11.6 Å². The average molecular weight is 318 g/mol. The van der Waals surface area contributed by atoms with Gasteiger partial charge in [-0.25, -0.2) is 14.4 Å². The van der Waals surface area contributed by atoms with E-state index in [1.54, 1.807) is 12.1 Å². The molecule has 3 heterocycles. The van der Waals surface area contributed by atoms with Crippen molar-refractivity contribution >= 4 is 11.6 Å². The third-order valence-corrected chi connectivity index (χ3v) is 5.11. The third kappa shape index (κ3) is 2.31. The molecule has 3 nitrogen and oxygen atoms in total. The van der Waals surface area contributed by atoms with E-state index in [0.717, 1.165) is 37.2 Å². The normalized spacial score (nSPS) is 23.6. The maximum Gasteiger partial charge on any atom is 0.142 e. The van der Waals surface area contributed by atoms with Crippen LogP contribution in [0.4, 0.5) is 4.39 Å². The number of hydrogen-bond donors (Lipinski definition) is 0. The van der Waals surface area contributed by atoms with Gasteiger partial charge in [0.2, 0.25) is 0 Å². The van der Waals surface area contributed by atoms with Gasteiger partial charge in [0.25, 0.3) is 0 Å². The number of halogens is 2. The Morgan fingerprint density at radius 1 is 1.36 bits per heavy atom. The van der Waals surface area contributed by atoms with Crippen LogP contribution in [0.2, 0.25) is 5.02 Å². The van der Waals surface area contributed by atoms with Crippen LogP contribution in [0.1, 0.15) is 41.5 Å². The Morgan fingerprint density at radius 2 is 2.23 bits per heavy atom. The molecule has 4 rings (SSSR count). The average Bonchev–Trinajstić information content (AvgIpc) is 2.76. The van der Waals surface area contributed by atoms with Crippen LogP contribution in [0.15, 0.2) is 24.4 Å². The van der Waals surface area contributed by atoms with E-state index in [4.69, 9.17) is 11.6 Å². The lowest BCUT2D eigenvalue weighted by Crippen LogP contribution is -2.37. The Bertz CT molecular complexity index is 734. The standard InChI is InChI=1S/C17H17ClFN3/c1-10-20-8-13-16(21-10)7-12-3-5-17(13)22(12)9-11-2-4-14(18)15(19)6-11/h2,4,6,8,12,17H,3,5,7,9H2,1H3. The fourth-order valence-corrected chi connectivity index (χ4v) is 3.89. The van der Waals surface area contributed by atoms with Gasteiger partial charge in [-0.15, -0.1) is 0 Å². The molecule has 2 aliphatic heterocycles. The summed E-state index contributed by atoms with van der Waals surface area (Å²) in [5.41, 5.74) is 3.41. The van der Waals surface area contributed by atoms with Crippen LogP contribution in [0, 0.1) is 12.7 Å². The summed E-state index contributed by atoms with van der Waals surface area (Å²) in [7, 11) is 0. The summed E-state index contributed by atoms with van der Waals surface area (Å²) >= 11 is 5.77. The molecule has 2 aliphatic rings. The van der Waals surface area contributed by atoms with E-state index in [1.165, 1.54) is 11.3 Å². The molecule has 5 heteroatoms. The first-order chi connectivity index (χ1) is 10.6. The maximum atomic E-state index is 13.7. The second kappa shape index (κ2) is 5.28. The molecule has 0 spiro atoms. The minimum atomic E-state index is -0.345. The minimum absolute atomic E-state index is 0.180. The molecular formula is C17H17ClFN3. The number of fused-ring (bicyclic) bond motifs is 4. The molecule has 114 valence electrons. The topological polar surface area (TPSA) is 29.0 Å². The molecule has 2 unspecified atom stereocenters. The van der Waals surface area contributed by atoms with Crippen LogP contribution < -0.4 is 0 Å². The molecule has 2 aromatic rings. The summed E-state index contributed by atoms with van der Waals surface area (Å²) in [6.07, 6.45) is 5.22. The Labute approximate surface area is 134 Å². The van der Waals surface area contributed by atoms with Gasteiger partial charge in [0, 0.05) is 36.8 Å². The van der Waals surface area contributed by atoms with Gasteiger partial charge >= 0.3 is 0 Å². The van der Waals surface area contributed by atoms with Crippen molar-refractivity contribution in [3.8, 4) is 0 Å². The fourth-order valence-electron chi connectivity index (χ4n) is 3.77. The molecular weight excluding hydrogens is 301 g/mol. The summed E-state index contributed by atoms with van der Waals surface area (Å²) in [4.78, 5) is 11.4. The first kappa shape index (κ1) is 14.1. The molecule has 1 aromatic carbocycles. The van der Waals surface area contributed by atoms with Gasteiger partial charge in [-0.05, 0) is 37.5 Å². The number of benzene rings is 1. The van der Waals surface area contributed by atoms with Gasteiger partial charge in [0.05, 0.1) is 10.7 Å². The van der Waals surface area contributed by atoms with Crippen LogP contribution in [-0.4, -0.2) is 20.9 Å². The highest BCUT2D eigenvalue weighted by molar-refractivity contribution is 6.30. The van der Waals surface area contributed by atoms with Gasteiger partial charge in [-0.2, -0.15) is 0 Å². The van der Waals surface area contributed by atoms with Crippen molar-refractivity contribution in [2.45, 2.75) is 44.8 Å². The zero-order valence-electron chi connectivity index (χ0n) is 12.4. The molecule has 2 bridgehead atoms. The van der Waals surface area contributed by atoms with Gasteiger partial charge in [0.15, 0.2) is 0 Å². The molecule has 0 saturated carbocycles. The fraction of sp³-hybridized carbons (Fsp3) is 0.412. The van der Waals surface area contributed by atoms with Crippen molar-refractivity contribution < 1.29 is 4.39 Å². The SMILES string of the molecule is Cc1ncc2c(n1)CC1CCC2N1Cc1ccc(Cl)c(F)c1. The van der Waals surface area contributed by atoms with Crippen molar-refractivity contribution in [1.29, 1.82) is 0 Å². The van der Waals surface area contributed by atoms with E-state index < -0.39 is 0 Å². The lowest BCUT2D eigenvalue weighted by molar-refractivity contribution is 0.166. The van der Waals surface area contributed by atoms with Crippen molar-refractivity contribution in [1.82, 2.24) is 14.9 Å². The maximum absolute atomic E-state index is 13.7. The Balaban J connectivity index is 1.64. The van der Waals surface area contributed by atoms with E-state index in [9.17, 15) is 4.39 Å². The predicted octanol–water partition coefficient (Wildman–Crippen LogP) is 3.84. The van der Waals surface area contributed by atoms with E-state index in [0.29, 0.717) is 12.1 Å². The zero-order chi connectivity index (χ0) is 15.3. The number of aryl methyl sites for hydroxylation is 1. The van der Waals surface area contributed by atoms with E-state index in [2.05, 4.69) is 14.9 Å². The highest BCUT2D eigenvalue weighted by Gasteiger charge is 2.40. The van der Waals surface area contributed by atoms with Crippen molar-refractivity contribution in [2.24, 2.45) is 0 Å². The molecule has 1 aromatic heterocycles. The summed E-state index contributed by atoms with van der Waals surface area (Å²) in [6, 6.07) is 5.94. The number of aromatic nitrogens is 2. The van der Waals surface area contributed by atoms with Crippen molar-refractivity contribution in [2.75, 3.05) is 0 Å². The Morgan fingerprint density at radius 3 is 3.05 bits per heavy atom.